The second-order valence-corrected chi connectivity index (χ2v) is 11.0. The van der Waals surface area contributed by atoms with Crippen molar-refractivity contribution in [1.29, 1.82) is 0 Å². The first-order valence-corrected chi connectivity index (χ1v) is 12.5. The fraction of sp³-hybridized carbons (Fsp3) is 0.179. The number of rotatable bonds is 5. The molecule has 0 fully saturated rings. The summed E-state index contributed by atoms with van der Waals surface area (Å²) in [6.07, 6.45) is 0. The van der Waals surface area contributed by atoms with E-state index in [1.807, 2.05) is 0 Å². The molecule has 0 saturated heterocycles. The van der Waals surface area contributed by atoms with E-state index >= 15 is 0 Å². The number of benzene rings is 3. The molecule has 170 valence electrons. The summed E-state index contributed by atoms with van der Waals surface area (Å²) in [5.41, 5.74) is 10.0. The van der Waals surface area contributed by atoms with Gasteiger partial charge in [-0.05, 0) is 6.92 Å². The Hall–Kier alpha value is -1.19. The van der Waals surface area contributed by atoms with E-state index < -0.39 is 8.80 Å². The molecule has 33 heavy (non-hydrogen) atoms. The Morgan fingerprint density at radius 2 is 1.06 bits per heavy atom. The van der Waals surface area contributed by atoms with Gasteiger partial charge in [0.1, 0.15) is 0 Å². The first kappa shape index (κ1) is 31.8. The van der Waals surface area contributed by atoms with Gasteiger partial charge in [0, 0.05) is 0 Å². The summed E-state index contributed by atoms with van der Waals surface area (Å²) in [7, 11) is -1.37. The van der Waals surface area contributed by atoms with Crippen molar-refractivity contribution in [2.75, 3.05) is 0 Å². The Balaban J connectivity index is 0.00000256. The Morgan fingerprint density at radius 1 is 0.606 bits per heavy atom. The summed E-state index contributed by atoms with van der Waals surface area (Å²) in [6.45, 7) is 9.06. The minimum atomic E-state index is -1.37. The van der Waals surface area contributed by atoms with Crippen molar-refractivity contribution in [2.45, 2.75) is 33.7 Å². The van der Waals surface area contributed by atoms with Crippen LogP contribution < -0.4 is 47.6 Å². The summed E-state index contributed by atoms with van der Waals surface area (Å²) < 4.78 is 0. The van der Waals surface area contributed by atoms with Crippen molar-refractivity contribution >= 4 is 19.2 Å². The van der Waals surface area contributed by atoms with Gasteiger partial charge in [-0.3, -0.25) is 0 Å². The zero-order valence-electron chi connectivity index (χ0n) is 19.5. The number of hydrogen-bond acceptors (Lipinski definition) is 0. The van der Waals surface area contributed by atoms with E-state index in [-0.39, 0.29) is 58.9 Å². The van der Waals surface area contributed by atoms with Crippen molar-refractivity contribution in [3.63, 3.8) is 0 Å². The largest absolute Gasteiger partial charge is 4.00 e. The maximum Gasteiger partial charge on any atom is 4.00 e. The normalized spacial score (nSPS) is 9.85. The molecule has 4 rings (SSSR count). The van der Waals surface area contributed by atoms with Crippen LogP contribution in [0, 0.1) is 27.7 Å². The predicted molar refractivity (Wildman–Crippen MR) is 129 cm³/mol. The van der Waals surface area contributed by atoms with Crippen LogP contribution in [0.4, 0.5) is 0 Å². The standard InChI is InChI=1S/C28H29Si.3ClH.Ti/c1-20-15-17-24(18-16-20)28-23(4)21(2)22(3)27(28)19-29(25-11-7-5-8-12-25)26-13-9-6-10-14-26;;;;/h5-18,29H,19H2,1-4H3;3*1H;/q-1;;;;+4/p-3. The second kappa shape index (κ2) is 14.3. The minimum absolute atomic E-state index is 0. The molecule has 0 nitrogen and oxygen atoms in total. The molecule has 4 aromatic rings. The van der Waals surface area contributed by atoms with Crippen LogP contribution in [-0.4, -0.2) is 8.80 Å². The fourth-order valence-electron chi connectivity index (χ4n) is 4.48. The molecule has 4 aromatic carbocycles. The number of hydrogen-bond donors (Lipinski definition) is 0. The van der Waals surface area contributed by atoms with Crippen molar-refractivity contribution in [3.05, 3.63) is 113 Å². The maximum atomic E-state index is 2.33. The molecule has 0 bridgehead atoms. The molecule has 0 unspecified atom stereocenters. The van der Waals surface area contributed by atoms with Crippen LogP contribution in [0.1, 0.15) is 27.8 Å². The molecule has 0 radical (unpaired) electrons. The molecule has 0 aliphatic rings. The van der Waals surface area contributed by atoms with Gasteiger partial charge in [-0.2, -0.15) is 11.1 Å². The first-order valence-electron chi connectivity index (χ1n) is 10.5. The third-order valence-electron chi connectivity index (χ3n) is 6.41. The molecule has 0 N–H and O–H groups in total. The summed E-state index contributed by atoms with van der Waals surface area (Å²) in [4.78, 5) is 0. The predicted octanol–water partition coefficient (Wildman–Crippen LogP) is -3.56. The van der Waals surface area contributed by atoms with Gasteiger partial charge in [-0.25, -0.2) is 0 Å². The summed E-state index contributed by atoms with van der Waals surface area (Å²) in [5.74, 6) is 0. The van der Waals surface area contributed by atoms with Gasteiger partial charge in [0.05, 0.1) is 8.80 Å². The van der Waals surface area contributed by atoms with Gasteiger partial charge >= 0.3 is 21.7 Å². The topological polar surface area (TPSA) is 0 Å². The van der Waals surface area contributed by atoms with Crippen LogP contribution in [0.2, 0.25) is 0 Å². The smallest absolute Gasteiger partial charge is 1.00 e. The second-order valence-electron chi connectivity index (χ2n) is 8.17. The van der Waals surface area contributed by atoms with Gasteiger partial charge in [0.2, 0.25) is 0 Å². The molecular weight excluding hydrogens is 519 g/mol. The third-order valence-corrected chi connectivity index (χ3v) is 9.60. The molecule has 0 aromatic heterocycles. The Kier molecular flexibility index (Phi) is 13.8. The van der Waals surface area contributed by atoms with Crippen molar-refractivity contribution in [1.82, 2.24) is 0 Å². The Labute approximate surface area is 234 Å². The van der Waals surface area contributed by atoms with Gasteiger partial charge < -0.3 is 37.2 Å². The Bertz CT molecular complexity index is 1070. The van der Waals surface area contributed by atoms with Crippen molar-refractivity contribution in [2.24, 2.45) is 0 Å². The van der Waals surface area contributed by atoms with Crippen LogP contribution in [0.3, 0.4) is 0 Å². The molecule has 5 heteroatoms. The van der Waals surface area contributed by atoms with Crippen LogP contribution in [0.25, 0.3) is 11.1 Å². The van der Waals surface area contributed by atoms with Crippen LogP contribution in [-0.2, 0) is 27.8 Å². The summed E-state index contributed by atoms with van der Waals surface area (Å²) >= 11 is 0. The van der Waals surface area contributed by atoms with E-state index in [4.69, 9.17) is 0 Å². The molecule has 0 aliphatic heterocycles. The molecule has 0 spiro atoms. The SMILES string of the molecule is Cc1ccc(-c2c(C)c(C)c(C)[c-]2C[SiH](c2ccccc2)c2ccccc2)cc1.[Cl-].[Cl-].[Cl-].[Ti+4]. The van der Waals surface area contributed by atoms with E-state index in [0.717, 1.165) is 6.04 Å². The van der Waals surface area contributed by atoms with E-state index in [1.165, 1.54) is 43.8 Å². The van der Waals surface area contributed by atoms with Crippen LogP contribution in [0.15, 0.2) is 84.9 Å². The van der Waals surface area contributed by atoms with Crippen LogP contribution >= 0.6 is 0 Å². The number of aryl methyl sites for hydroxylation is 1. The molecule has 0 saturated carbocycles. The quantitative estimate of drug-likeness (QED) is 0.179. The van der Waals surface area contributed by atoms with E-state index in [0.29, 0.717) is 0 Å². The fourth-order valence-corrected chi connectivity index (χ4v) is 7.63. The van der Waals surface area contributed by atoms with Crippen LogP contribution in [0.5, 0.6) is 0 Å². The minimum Gasteiger partial charge on any atom is -1.00 e. The summed E-state index contributed by atoms with van der Waals surface area (Å²) in [5, 5.41) is 3.04. The maximum absolute atomic E-state index is 2.33. The average molecular weight is 548 g/mol. The molecule has 0 aliphatic carbocycles. The van der Waals surface area contributed by atoms with E-state index in [1.54, 1.807) is 5.56 Å². The Morgan fingerprint density at radius 3 is 1.52 bits per heavy atom. The molecule has 0 atom stereocenters. The molecule has 0 amide bonds. The monoisotopic (exact) mass is 546 g/mol. The van der Waals surface area contributed by atoms with Gasteiger partial charge in [-0.1, -0.05) is 133 Å². The summed E-state index contributed by atoms with van der Waals surface area (Å²) in [6, 6.07) is 32.5. The average Bonchev–Trinajstić information content (AvgIpc) is 2.97. The zero-order valence-corrected chi connectivity index (χ0v) is 24.5. The molecule has 0 heterocycles. The van der Waals surface area contributed by atoms with Gasteiger partial charge in [0.15, 0.2) is 0 Å². The van der Waals surface area contributed by atoms with E-state index in [2.05, 4.69) is 113 Å². The molecular formula is C28H29Cl3SiTi. The zero-order chi connectivity index (χ0) is 20.4. The van der Waals surface area contributed by atoms with Gasteiger partial charge in [-0.15, -0.1) is 16.7 Å². The number of halogens is 3. The van der Waals surface area contributed by atoms with E-state index in [9.17, 15) is 0 Å². The first-order chi connectivity index (χ1) is 14.1. The third kappa shape index (κ3) is 6.92. The van der Waals surface area contributed by atoms with Crippen molar-refractivity contribution in [3.8, 4) is 11.1 Å². The van der Waals surface area contributed by atoms with Gasteiger partial charge in [0.25, 0.3) is 0 Å². The van der Waals surface area contributed by atoms with Crippen molar-refractivity contribution < 1.29 is 58.9 Å².